The van der Waals surface area contributed by atoms with E-state index >= 15 is 0 Å². The van der Waals surface area contributed by atoms with Gasteiger partial charge in [-0.25, -0.2) is 9.37 Å². The SMILES string of the molecule is CCCC(N)CNc1nc(Cc2cccc(F)c2)ns1. The monoisotopic (exact) mass is 294 g/mol. The Labute approximate surface area is 122 Å². The molecule has 1 aromatic carbocycles. The first kappa shape index (κ1) is 14.9. The third-order valence-corrected chi connectivity index (χ3v) is 3.60. The molecule has 0 aliphatic carbocycles. The smallest absolute Gasteiger partial charge is 0.202 e. The fraction of sp³-hybridized carbons (Fsp3) is 0.429. The van der Waals surface area contributed by atoms with Gasteiger partial charge >= 0.3 is 0 Å². The molecule has 3 N–H and O–H groups in total. The summed E-state index contributed by atoms with van der Waals surface area (Å²) >= 11 is 1.31. The van der Waals surface area contributed by atoms with E-state index in [1.165, 1.54) is 23.7 Å². The molecule has 6 heteroatoms. The van der Waals surface area contributed by atoms with E-state index in [1.807, 2.05) is 6.07 Å². The molecule has 1 aromatic heterocycles. The van der Waals surface area contributed by atoms with Crippen molar-refractivity contribution in [3.8, 4) is 0 Å². The number of nitrogens with two attached hydrogens (primary N) is 1. The zero-order valence-corrected chi connectivity index (χ0v) is 12.3. The lowest BCUT2D eigenvalue weighted by Crippen LogP contribution is -2.28. The van der Waals surface area contributed by atoms with Crippen molar-refractivity contribution in [2.75, 3.05) is 11.9 Å². The summed E-state index contributed by atoms with van der Waals surface area (Å²) in [5, 5.41) is 3.96. The molecule has 0 saturated heterocycles. The van der Waals surface area contributed by atoms with Gasteiger partial charge in [-0.15, -0.1) is 0 Å². The number of hydrogen-bond acceptors (Lipinski definition) is 5. The lowest BCUT2D eigenvalue weighted by Gasteiger charge is -2.09. The first-order valence-electron chi connectivity index (χ1n) is 6.74. The van der Waals surface area contributed by atoms with Gasteiger partial charge in [-0.1, -0.05) is 25.5 Å². The highest BCUT2D eigenvalue weighted by molar-refractivity contribution is 7.09. The van der Waals surface area contributed by atoms with Crippen molar-refractivity contribution in [3.63, 3.8) is 0 Å². The van der Waals surface area contributed by atoms with Crippen LogP contribution in [0.1, 0.15) is 31.2 Å². The largest absolute Gasteiger partial charge is 0.359 e. The van der Waals surface area contributed by atoms with Crippen LogP contribution < -0.4 is 11.1 Å². The van der Waals surface area contributed by atoms with Gasteiger partial charge in [-0.3, -0.25) is 0 Å². The van der Waals surface area contributed by atoms with Gasteiger partial charge in [0.25, 0.3) is 0 Å². The van der Waals surface area contributed by atoms with E-state index in [1.54, 1.807) is 6.07 Å². The van der Waals surface area contributed by atoms with E-state index in [2.05, 4.69) is 21.6 Å². The average molecular weight is 294 g/mol. The molecule has 1 heterocycles. The molecule has 0 fully saturated rings. The summed E-state index contributed by atoms with van der Waals surface area (Å²) in [7, 11) is 0. The zero-order chi connectivity index (χ0) is 14.4. The molecule has 1 atom stereocenters. The number of hydrogen-bond donors (Lipinski definition) is 2. The molecule has 0 aliphatic heterocycles. The van der Waals surface area contributed by atoms with Crippen molar-refractivity contribution < 1.29 is 4.39 Å². The van der Waals surface area contributed by atoms with Crippen molar-refractivity contribution in [1.29, 1.82) is 0 Å². The number of nitrogens with one attached hydrogen (secondary N) is 1. The van der Waals surface area contributed by atoms with Crippen LogP contribution in [0.25, 0.3) is 0 Å². The van der Waals surface area contributed by atoms with E-state index in [9.17, 15) is 4.39 Å². The molecule has 0 saturated carbocycles. The molecule has 1 unspecified atom stereocenters. The minimum absolute atomic E-state index is 0.135. The Hall–Kier alpha value is -1.53. The van der Waals surface area contributed by atoms with Gasteiger partial charge in [0, 0.05) is 30.5 Å². The highest BCUT2D eigenvalue weighted by Crippen LogP contribution is 2.15. The zero-order valence-electron chi connectivity index (χ0n) is 11.5. The maximum atomic E-state index is 13.1. The number of aromatic nitrogens is 2. The second-order valence-electron chi connectivity index (χ2n) is 4.75. The van der Waals surface area contributed by atoms with Crippen LogP contribution in [0, 0.1) is 5.82 Å². The van der Waals surface area contributed by atoms with Crippen LogP contribution >= 0.6 is 11.5 Å². The highest BCUT2D eigenvalue weighted by atomic mass is 32.1. The van der Waals surface area contributed by atoms with Crippen molar-refractivity contribution in [2.24, 2.45) is 5.73 Å². The minimum Gasteiger partial charge on any atom is -0.359 e. The molecular formula is C14H19FN4S. The number of benzene rings is 1. The van der Waals surface area contributed by atoms with Crippen LogP contribution in [0.5, 0.6) is 0 Å². The molecule has 0 bridgehead atoms. The fourth-order valence-corrected chi connectivity index (χ4v) is 2.51. The maximum Gasteiger partial charge on any atom is 0.202 e. The fourth-order valence-electron chi connectivity index (χ4n) is 1.92. The Kier molecular flexibility index (Phi) is 5.43. The predicted octanol–water partition coefficient (Wildman–Crippen LogP) is 2.81. The quantitative estimate of drug-likeness (QED) is 0.824. The number of halogens is 1. The molecule has 2 rings (SSSR count). The van der Waals surface area contributed by atoms with Gasteiger partial charge in [0.2, 0.25) is 5.13 Å². The van der Waals surface area contributed by atoms with Crippen molar-refractivity contribution in [2.45, 2.75) is 32.2 Å². The van der Waals surface area contributed by atoms with Gasteiger partial charge in [-0.2, -0.15) is 4.37 Å². The minimum atomic E-state index is -0.235. The van der Waals surface area contributed by atoms with Gasteiger partial charge in [0.15, 0.2) is 0 Å². The summed E-state index contributed by atoms with van der Waals surface area (Å²) in [6, 6.07) is 6.63. The second-order valence-corrected chi connectivity index (χ2v) is 5.50. The third-order valence-electron chi connectivity index (χ3n) is 2.89. The van der Waals surface area contributed by atoms with Crippen LogP contribution in [0.2, 0.25) is 0 Å². The Morgan fingerprint density at radius 2 is 2.30 bits per heavy atom. The predicted molar refractivity (Wildman–Crippen MR) is 80.5 cm³/mol. The van der Waals surface area contributed by atoms with Crippen LogP contribution in [-0.2, 0) is 6.42 Å². The third kappa shape index (κ3) is 4.54. The molecular weight excluding hydrogens is 275 g/mol. The van der Waals surface area contributed by atoms with Crippen molar-refractivity contribution in [3.05, 3.63) is 41.5 Å². The Bertz CT molecular complexity index is 543. The lowest BCUT2D eigenvalue weighted by atomic mass is 10.1. The highest BCUT2D eigenvalue weighted by Gasteiger charge is 2.07. The average Bonchev–Trinajstić information content (AvgIpc) is 2.84. The van der Waals surface area contributed by atoms with E-state index < -0.39 is 0 Å². The van der Waals surface area contributed by atoms with Gasteiger partial charge < -0.3 is 11.1 Å². The Morgan fingerprint density at radius 3 is 3.05 bits per heavy atom. The van der Waals surface area contributed by atoms with Crippen LogP contribution in [0.4, 0.5) is 9.52 Å². The van der Waals surface area contributed by atoms with E-state index in [-0.39, 0.29) is 11.9 Å². The molecule has 0 aliphatic rings. The van der Waals surface area contributed by atoms with Gasteiger partial charge in [0.05, 0.1) is 0 Å². The summed E-state index contributed by atoms with van der Waals surface area (Å²) in [6.07, 6.45) is 2.60. The lowest BCUT2D eigenvalue weighted by molar-refractivity contribution is 0.625. The summed E-state index contributed by atoms with van der Waals surface area (Å²) in [4.78, 5) is 4.39. The van der Waals surface area contributed by atoms with Gasteiger partial charge in [-0.05, 0) is 24.1 Å². The standard InChI is InChI=1S/C14H19FN4S/c1-2-4-12(16)9-17-14-18-13(19-20-14)8-10-5-3-6-11(15)7-10/h3,5-7,12H,2,4,8-9,16H2,1H3,(H,17,18,19). The number of nitrogens with zero attached hydrogens (tertiary/aromatic N) is 2. The van der Waals surface area contributed by atoms with E-state index in [0.29, 0.717) is 18.8 Å². The van der Waals surface area contributed by atoms with Crippen LogP contribution in [-0.4, -0.2) is 21.9 Å². The molecule has 2 aromatic rings. The molecule has 108 valence electrons. The van der Waals surface area contributed by atoms with E-state index in [4.69, 9.17) is 5.73 Å². The summed E-state index contributed by atoms with van der Waals surface area (Å²) < 4.78 is 17.4. The normalized spacial score (nSPS) is 12.3. The van der Waals surface area contributed by atoms with E-state index in [0.717, 1.165) is 23.5 Å². The summed E-state index contributed by atoms with van der Waals surface area (Å²) in [5.74, 6) is 0.466. The number of anilines is 1. The Balaban J connectivity index is 1.89. The number of rotatable bonds is 7. The molecule has 0 amide bonds. The van der Waals surface area contributed by atoms with Crippen LogP contribution in [0.3, 0.4) is 0 Å². The van der Waals surface area contributed by atoms with Crippen LogP contribution in [0.15, 0.2) is 24.3 Å². The molecule has 0 spiro atoms. The van der Waals surface area contributed by atoms with Crippen molar-refractivity contribution >= 4 is 16.7 Å². The Morgan fingerprint density at radius 1 is 1.45 bits per heavy atom. The molecule has 20 heavy (non-hydrogen) atoms. The van der Waals surface area contributed by atoms with Crippen molar-refractivity contribution in [1.82, 2.24) is 9.36 Å². The molecule has 4 nitrogen and oxygen atoms in total. The second kappa shape index (κ2) is 7.31. The summed E-state index contributed by atoms with van der Waals surface area (Å²) in [6.45, 7) is 2.81. The first-order valence-corrected chi connectivity index (χ1v) is 7.51. The maximum absolute atomic E-state index is 13.1. The first-order chi connectivity index (χ1) is 9.67. The molecule has 0 radical (unpaired) electrons. The van der Waals surface area contributed by atoms with Gasteiger partial charge in [0.1, 0.15) is 11.6 Å². The topological polar surface area (TPSA) is 63.8 Å². The summed E-state index contributed by atoms with van der Waals surface area (Å²) in [5.41, 5.74) is 6.80.